The molecule has 0 saturated carbocycles. The molecule has 1 heterocycles. The number of ether oxygens (including phenoxy) is 2. The SMILES string of the molecule is CCOc1nc2cccc(C(=O)OCc3ccc(-c4ccccc4/C(N)=N/O)cc3)c2n1Cc1ccc(-c2ccccc2/C(N)=N/O)cc1. The maximum Gasteiger partial charge on any atom is 0.340 e. The maximum absolute atomic E-state index is 13.6. The van der Waals surface area contributed by atoms with Crippen LogP contribution in [-0.4, -0.2) is 44.2 Å². The number of nitrogens with zero attached hydrogens (tertiary/aromatic N) is 4. The maximum atomic E-state index is 13.6. The lowest BCUT2D eigenvalue weighted by atomic mass is 9.98. The van der Waals surface area contributed by atoms with Crippen molar-refractivity contribution >= 4 is 28.7 Å². The summed E-state index contributed by atoms with van der Waals surface area (Å²) in [4.78, 5) is 18.2. The molecule has 6 aromatic rings. The molecule has 6 N–H and O–H groups in total. The van der Waals surface area contributed by atoms with Gasteiger partial charge in [0, 0.05) is 11.1 Å². The summed E-state index contributed by atoms with van der Waals surface area (Å²) in [6.45, 7) is 2.71. The fourth-order valence-electron chi connectivity index (χ4n) is 5.72. The van der Waals surface area contributed by atoms with Crippen molar-refractivity contribution in [3.05, 3.63) is 143 Å². The second kappa shape index (κ2) is 14.4. The van der Waals surface area contributed by atoms with Gasteiger partial charge < -0.3 is 31.4 Å². The van der Waals surface area contributed by atoms with E-state index in [0.717, 1.165) is 33.4 Å². The quantitative estimate of drug-likeness (QED) is 0.0411. The molecule has 0 unspecified atom stereocenters. The molecule has 0 radical (unpaired) electrons. The Morgan fingerprint density at radius 1 is 0.714 bits per heavy atom. The first-order valence-electron chi connectivity index (χ1n) is 15.5. The minimum atomic E-state index is -0.494. The summed E-state index contributed by atoms with van der Waals surface area (Å²) in [5.74, 6) is -0.442. The number of nitrogens with two attached hydrogens (primary N) is 2. The van der Waals surface area contributed by atoms with E-state index in [1.54, 1.807) is 24.3 Å². The van der Waals surface area contributed by atoms with E-state index >= 15 is 0 Å². The Morgan fingerprint density at radius 2 is 1.24 bits per heavy atom. The second-order valence-corrected chi connectivity index (χ2v) is 11.1. The molecule has 246 valence electrons. The first-order valence-corrected chi connectivity index (χ1v) is 15.5. The van der Waals surface area contributed by atoms with Gasteiger partial charge in [-0.2, -0.15) is 4.98 Å². The van der Waals surface area contributed by atoms with Crippen molar-refractivity contribution in [2.75, 3.05) is 6.61 Å². The van der Waals surface area contributed by atoms with Gasteiger partial charge in [0.2, 0.25) is 0 Å². The molecule has 11 heteroatoms. The summed E-state index contributed by atoms with van der Waals surface area (Å²) in [6, 6.07) is 36.0. The van der Waals surface area contributed by atoms with Crippen LogP contribution in [0.1, 0.15) is 39.5 Å². The molecule has 0 fully saturated rings. The van der Waals surface area contributed by atoms with Crippen LogP contribution in [0.5, 0.6) is 6.01 Å². The molecule has 0 bridgehead atoms. The highest BCUT2D eigenvalue weighted by molar-refractivity contribution is 6.04. The van der Waals surface area contributed by atoms with E-state index in [0.29, 0.717) is 46.9 Å². The summed E-state index contributed by atoms with van der Waals surface area (Å²) >= 11 is 0. The highest BCUT2D eigenvalue weighted by Gasteiger charge is 2.21. The first-order chi connectivity index (χ1) is 23.9. The average molecular weight is 655 g/mol. The lowest BCUT2D eigenvalue weighted by Gasteiger charge is -2.13. The predicted octanol–water partition coefficient (Wildman–Crippen LogP) is 6.36. The minimum Gasteiger partial charge on any atom is -0.465 e. The van der Waals surface area contributed by atoms with Crippen LogP contribution in [0, 0.1) is 0 Å². The van der Waals surface area contributed by atoms with E-state index in [1.165, 1.54) is 0 Å². The van der Waals surface area contributed by atoms with E-state index in [9.17, 15) is 15.2 Å². The van der Waals surface area contributed by atoms with E-state index in [-0.39, 0.29) is 18.3 Å². The van der Waals surface area contributed by atoms with Crippen molar-refractivity contribution in [2.24, 2.45) is 21.8 Å². The molecule has 1 aromatic heterocycles. The van der Waals surface area contributed by atoms with Gasteiger partial charge in [-0.15, -0.1) is 0 Å². The second-order valence-electron chi connectivity index (χ2n) is 11.1. The largest absolute Gasteiger partial charge is 0.465 e. The van der Waals surface area contributed by atoms with Gasteiger partial charge in [0.25, 0.3) is 6.01 Å². The molecule has 0 spiro atoms. The number of hydrogen-bond donors (Lipinski definition) is 4. The number of imidazole rings is 1. The molecule has 11 nitrogen and oxygen atoms in total. The first kappa shape index (κ1) is 32.3. The van der Waals surface area contributed by atoms with E-state index in [1.807, 2.05) is 102 Å². The number of esters is 1. The molecular weight excluding hydrogens is 620 g/mol. The fourth-order valence-corrected chi connectivity index (χ4v) is 5.72. The van der Waals surface area contributed by atoms with Crippen LogP contribution >= 0.6 is 0 Å². The lowest BCUT2D eigenvalue weighted by Crippen LogP contribution is -2.14. The van der Waals surface area contributed by atoms with Gasteiger partial charge in [-0.1, -0.05) is 113 Å². The third-order valence-corrected chi connectivity index (χ3v) is 8.09. The van der Waals surface area contributed by atoms with Crippen molar-refractivity contribution in [3.63, 3.8) is 0 Å². The molecule has 0 atom stereocenters. The van der Waals surface area contributed by atoms with Crippen LogP contribution in [-0.2, 0) is 17.9 Å². The normalized spacial score (nSPS) is 11.9. The van der Waals surface area contributed by atoms with Gasteiger partial charge in [-0.3, -0.25) is 4.57 Å². The zero-order chi connectivity index (χ0) is 34.3. The number of carbonyl (C=O) groups excluding carboxylic acids is 1. The summed E-state index contributed by atoms with van der Waals surface area (Å²) < 4.78 is 13.6. The Kier molecular flexibility index (Phi) is 9.52. The van der Waals surface area contributed by atoms with Crippen LogP contribution in [0.3, 0.4) is 0 Å². The number of carbonyl (C=O) groups is 1. The Bertz CT molecular complexity index is 2170. The van der Waals surface area contributed by atoms with Crippen LogP contribution in [0.25, 0.3) is 33.3 Å². The Labute approximate surface area is 282 Å². The molecule has 49 heavy (non-hydrogen) atoms. The number of para-hydroxylation sites is 1. The number of fused-ring (bicyclic) bond motifs is 1. The van der Waals surface area contributed by atoms with Crippen molar-refractivity contribution < 1.29 is 24.7 Å². The summed E-state index contributed by atoms with van der Waals surface area (Å²) in [7, 11) is 0. The van der Waals surface area contributed by atoms with Crippen molar-refractivity contribution in [3.8, 4) is 28.3 Å². The number of oxime groups is 2. The fraction of sp³-hybridized carbons (Fsp3) is 0.105. The molecule has 0 amide bonds. The van der Waals surface area contributed by atoms with Crippen molar-refractivity contribution in [1.29, 1.82) is 0 Å². The Hall–Kier alpha value is -6.62. The molecule has 6 rings (SSSR count). The Morgan fingerprint density at radius 3 is 1.80 bits per heavy atom. The van der Waals surface area contributed by atoms with Crippen LogP contribution < -0.4 is 16.2 Å². The zero-order valence-electron chi connectivity index (χ0n) is 26.7. The number of aromatic nitrogens is 2. The van der Waals surface area contributed by atoms with Gasteiger partial charge in [0.05, 0.1) is 29.7 Å². The minimum absolute atomic E-state index is 0.0209. The number of hydrogen-bond acceptors (Lipinski definition) is 8. The van der Waals surface area contributed by atoms with Crippen molar-refractivity contribution in [2.45, 2.75) is 20.1 Å². The van der Waals surface area contributed by atoms with E-state index < -0.39 is 5.97 Å². The standard InChI is InChI=1S/C38H34N6O5/c1-2-48-38-41-33-13-7-12-32(37(45)49-23-25-16-20-27(21-17-25)29-9-4-6-11-31(29)36(40)43-47)34(33)44(38)22-24-14-18-26(19-15-24)28-8-3-5-10-30(28)35(39)42-46/h3-21,46-47H,2,22-23H2,1H3,(H2,39,42)(H2,40,43). The molecule has 0 saturated heterocycles. The van der Waals surface area contributed by atoms with Gasteiger partial charge >= 0.3 is 5.97 Å². The molecule has 0 aliphatic rings. The highest BCUT2D eigenvalue weighted by Crippen LogP contribution is 2.29. The molecule has 5 aromatic carbocycles. The van der Waals surface area contributed by atoms with Gasteiger partial charge in [0.1, 0.15) is 6.61 Å². The van der Waals surface area contributed by atoms with E-state index in [4.69, 9.17) is 20.9 Å². The van der Waals surface area contributed by atoms with Crippen LogP contribution in [0.4, 0.5) is 0 Å². The van der Waals surface area contributed by atoms with E-state index in [2.05, 4.69) is 15.3 Å². The number of benzene rings is 5. The summed E-state index contributed by atoms with van der Waals surface area (Å²) in [6.07, 6.45) is 0. The number of amidine groups is 2. The lowest BCUT2D eigenvalue weighted by molar-refractivity contribution is 0.0474. The van der Waals surface area contributed by atoms with Crippen molar-refractivity contribution in [1.82, 2.24) is 9.55 Å². The number of rotatable bonds is 11. The summed E-state index contributed by atoms with van der Waals surface area (Å²) in [5, 5.41) is 24.7. The van der Waals surface area contributed by atoms with Gasteiger partial charge in [0.15, 0.2) is 11.7 Å². The predicted molar refractivity (Wildman–Crippen MR) is 188 cm³/mol. The molecular formula is C38H34N6O5. The third-order valence-electron chi connectivity index (χ3n) is 8.09. The molecule has 0 aliphatic carbocycles. The van der Waals surface area contributed by atoms with Crippen LogP contribution in [0.2, 0.25) is 0 Å². The highest BCUT2D eigenvalue weighted by atomic mass is 16.5. The monoisotopic (exact) mass is 654 g/mol. The van der Waals surface area contributed by atoms with Crippen LogP contribution in [0.15, 0.2) is 126 Å². The third kappa shape index (κ3) is 6.77. The molecule has 0 aliphatic heterocycles. The average Bonchev–Trinajstić information content (AvgIpc) is 3.50. The topological polar surface area (TPSA) is 171 Å². The zero-order valence-corrected chi connectivity index (χ0v) is 26.7. The Balaban J connectivity index is 1.24. The smallest absolute Gasteiger partial charge is 0.340 e. The summed E-state index contributed by atoms with van der Waals surface area (Å²) in [5.41, 5.74) is 19.7. The van der Waals surface area contributed by atoms with Gasteiger partial charge in [-0.05, 0) is 52.4 Å². The van der Waals surface area contributed by atoms with Gasteiger partial charge in [-0.25, -0.2) is 4.79 Å².